The number of hydrogen-bond acceptors (Lipinski definition) is 3. The van der Waals surface area contributed by atoms with Crippen molar-refractivity contribution >= 4 is 34.8 Å². The van der Waals surface area contributed by atoms with Gasteiger partial charge in [-0.1, -0.05) is 59.6 Å². The molecule has 0 saturated carbocycles. The fraction of sp³-hybridized carbons (Fsp3) is 0.231. The summed E-state index contributed by atoms with van der Waals surface area (Å²) >= 11 is 5.73. The first kappa shape index (κ1) is 26.2. The molecule has 0 aliphatic carbocycles. The highest BCUT2D eigenvalue weighted by Gasteiger charge is 2.35. The van der Waals surface area contributed by atoms with Gasteiger partial charge in [0.05, 0.1) is 17.8 Å². The topological polar surface area (TPSA) is 70.2 Å². The third kappa shape index (κ3) is 6.83. The molecule has 0 aromatic heterocycles. The molecule has 0 saturated heterocycles. The van der Waals surface area contributed by atoms with E-state index in [0.717, 1.165) is 28.8 Å². The van der Waals surface area contributed by atoms with Crippen molar-refractivity contribution in [2.75, 3.05) is 17.2 Å². The van der Waals surface area contributed by atoms with Crippen LogP contribution in [0.1, 0.15) is 33.9 Å². The third-order valence-corrected chi connectivity index (χ3v) is 5.58. The highest BCUT2D eigenvalue weighted by atomic mass is 35.5. The molecule has 35 heavy (non-hydrogen) atoms. The summed E-state index contributed by atoms with van der Waals surface area (Å²) in [6.07, 6.45) is -4.72. The SMILES string of the molecule is Cc1cc(C)c(NC(=O)CN[C@@H](C(=O)Nc2ccc(Cl)cc2C(F)(F)F)c2ccccc2)c(C)c1. The van der Waals surface area contributed by atoms with E-state index >= 15 is 0 Å². The Labute approximate surface area is 206 Å². The Bertz CT molecular complexity index is 1210. The van der Waals surface area contributed by atoms with Gasteiger partial charge in [0.2, 0.25) is 11.8 Å². The Hall–Kier alpha value is -3.36. The summed E-state index contributed by atoms with van der Waals surface area (Å²) < 4.78 is 40.4. The first-order valence-corrected chi connectivity index (χ1v) is 11.2. The molecule has 0 radical (unpaired) electrons. The van der Waals surface area contributed by atoms with E-state index < -0.39 is 35.3 Å². The van der Waals surface area contributed by atoms with Gasteiger partial charge in [-0.05, 0) is 55.7 Å². The quantitative estimate of drug-likeness (QED) is 0.360. The number of hydrogen-bond donors (Lipinski definition) is 3. The zero-order valence-electron chi connectivity index (χ0n) is 19.4. The van der Waals surface area contributed by atoms with Crippen LogP contribution in [-0.4, -0.2) is 18.4 Å². The molecule has 0 fully saturated rings. The summed E-state index contributed by atoms with van der Waals surface area (Å²) in [4.78, 5) is 25.8. The first-order chi connectivity index (χ1) is 16.5. The molecule has 5 nitrogen and oxygen atoms in total. The van der Waals surface area contributed by atoms with Crippen molar-refractivity contribution in [2.24, 2.45) is 0 Å². The van der Waals surface area contributed by atoms with Crippen LogP contribution in [0.25, 0.3) is 0 Å². The molecule has 0 aliphatic heterocycles. The van der Waals surface area contributed by atoms with Crippen molar-refractivity contribution in [1.82, 2.24) is 5.32 Å². The summed E-state index contributed by atoms with van der Waals surface area (Å²) in [5.74, 6) is -1.14. The van der Waals surface area contributed by atoms with Gasteiger partial charge in [0.1, 0.15) is 6.04 Å². The largest absolute Gasteiger partial charge is 0.418 e. The summed E-state index contributed by atoms with van der Waals surface area (Å²) in [7, 11) is 0. The summed E-state index contributed by atoms with van der Waals surface area (Å²) in [6.45, 7) is 5.48. The first-order valence-electron chi connectivity index (χ1n) is 10.8. The van der Waals surface area contributed by atoms with E-state index in [1.54, 1.807) is 30.3 Å². The van der Waals surface area contributed by atoms with Crippen molar-refractivity contribution in [3.05, 3.63) is 93.5 Å². The van der Waals surface area contributed by atoms with Crippen LogP contribution in [0.5, 0.6) is 0 Å². The van der Waals surface area contributed by atoms with E-state index in [1.165, 1.54) is 6.07 Å². The molecule has 0 spiro atoms. The van der Waals surface area contributed by atoms with Gasteiger partial charge < -0.3 is 10.6 Å². The fourth-order valence-electron chi connectivity index (χ4n) is 3.83. The van der Waals surface area contributed by atoms with Crippen LogP contribution in [0.3, 0.4) is 0 Å². The minimum absolute atomic E-state index is 0.105. The zero-order chi connectivity index (χ0) is 25.8. The molecule has 0 heterocycles. The number of halogens is 4. The maximum Gasteiger partial charge on any atom is 0.418 e. The fourth-order valence-corrected chi connectivity index (χ4v) is 4.00. The monoisotopic (exact) mass is 503 g/mol. The lowest BCUT2D eigenvalue weighted by Gasteiger charge is -2.21. The van der Waals surface area contributed by atoms with Gasteiger partial charge in [0, 0.05) is 10.7 Å². The van der Waals surface area contributed by atoms with E-state index in [-0.39, 0.29) is 11.6 Å². The van der Waals surface area contributed by atoms with E-state index in [1.807, 2.05) is 32.9 Å². The van der Waals surface area contributed by atoms with Crippen LogP contribution >= 0.6 is 11.6 Å². The lowest BCUT2D eigenvalue weighted by atomic mass is 10.0. The Morgan fingerprint density at radius 3 is 2.14 bits per heavy atom. The molecule has 0 aliphatic rings. The number of anilines is 2. The molecule has 3 rings (SSSR count). The maximum absolute atomic E-state index is 13.5. The number of carbonyl (C=O) groups is 2. The van der Waals surface area contributed by atoms with Crippen molar-refractivity contribution < 1.29 is 22.8 Å². The second-order valence-electron chi connectivity index (χ2n) is 8.22. The van der Waals surface area contributed by atoms with Gasteiger partial charge in [-0.3, -0.25) is 14.9 Å². The molecule has 3 aromatic carbocycles. The van der Waals surface area contributed by atoms with Gasteiger partial charge in [-0.25, -0.2) is 0 Å². The van der Waals surface area contributed by atoms with Gasteiger partial charge in [-0.15, -0.1) is 0 Å². The van der Waals surface area contributed by atoms with Crippen LogP contribution in [0.4, 0.5) is 24.5 Å². The van der Waals surface area contributed by atoms with Crippen LogP contribution in [0.15, 0.2) is 60.7 Å². The molecule has 0 bridgehead atoms. The Kier molecular flexibility index (Phi) is 8.19. The van der Waals surface area contributed by atoms with Gasteiger partial charge in [0.25, 0.3) is 0 Å². The number of amides is 2. The second-order valence-corrected chi connectivity index (χ2v) is 8.66. The molecular weight excluding hydrogens is 479 g/mol. The third-order valence-electron chi connectivity index (χ3n) is 5.35. The normalized spacial score (nSPS) is 12.2. The highest BCUT2D eigenvalue weighted by Crippen LogP contribution is 2.37. The van der Waals surface area contributed by atoms with E-state index in [9.17, 15) is 22.8 Å². The average molecular weight is 504 g/mol. The number of benzene rings is 3. The highest BCUT2D eigenvalue weighted by molar-refractivity contribution is 6.30. The smallest absolute Gasteiger partial charge is 0.324 e. The average Bonchev–Trinajstić information content (AvgIpc) is 2.77. The number of aryl methyl sites for hydroxylation is 3. The number of alkyl halides is 3. The number of carbonyl (C=O) groups excluding carboxylic acids is 2. The summed E-state index contributed by atoms with van der Waals surface area (Å²) in [5.41, 5.74) is 2.55. The van der Waals surface area contributed by atoms with Gasteiger partial charge in [-0.2, -0.15) is 13.2 Å². The number of rotatable bonds is 7. The van der Waals surface area contributed by atoms with Crippen LogP contribution in [0, 0.1) is 20.8 Å². The van der Waals surface area contributed by atoms with E-state index in [0.29, 0.717) is 11.3 Å². The Morgan fingerprint density at radius 2 is 1.54 bits per heavy atom. The predicted molar refractivity (Wildman–Crippen MR) is 132 cm³/mol. The molecule has 9 heteroatoms. The minimum Gasteiger partial charge on any atom is -0.324 e. The van der Waals surface area contributed by atoms with Crippen molar-refractivity contribution in [1.29, 1.82) is 0 Å². The van der Waals surface area contributed by atoms with Crippen LogP contribution in [0.2, 0.25) is 5.02 Å². The molecule has 3 aromatic rings. The molecule has 3 N–H and O–H groups in total. The second kappa shape index (κ2) is 10.9. The number of nitrogens with one attached hydrogen (secondary N) is 3. The molecule has 184 valence electrons. The van der Waals surface area contributed by atoms with Gasteiger partial charge in [0.15, 0.2) is 0 Å². The molecule has 2 amide bonds. The van der Waals surface area contributed by atoms with Crippen LogP contribution in [-0.2, 0) is 15.8 Å². The lowest BCUT2D eigenvalue weighted by molar-refractivity contribution is -0.137. The van der Waals surface area contributed by atoms with Gasteiger partial charge >= 0.3 is 6.18 Å². The lowest BCUT2D eigenvalue weighted by Crippen LogP contribution is -2.38. The van der Waals surface area contributed by atoms with E-state index in [4.69, 9.17) is 11.6 Å². The molecule has 0 unspecified atom stereocenters. The Balaban J connectivity index is 1.80. The molecular formula is C26H25ClF3N3O2. The predicted octanol–water partition coefficient (Wildman–Crippen LogP) is 6.19. The summed E-state index contributed by atoms with van der Waals surface area (Å²) in [5, 5.41) is 7.93. The zero-order valence-corrected chi connectivity index (χ0v) is 20.1. The summed E-state index contributed by atoms with van der Waals surface area (Å²) in [6, 6.07) is 14.3. The van der Waals surface area contributed by atoms with Crippen molar-refractivity contribution in [3.63, 3.8) is 0 Å². The molecule has 1 atom stereocenters. The minimum atomic E-state index is -4.72. The Morgan fingerprint density at radius 1 is 0.914 bits per heavy atom. The maximum atomic E-state index is 13.5. The van der Waals surface area contributed by atoms with E-state index in [2.05, 4.69) is 16.0 Å². The van der Waals surface area contributed by atoms with Crippen molar-refractivity contribution in [3.8, 4) is 0 Å². The standard InChI is InChI=1S/C26H25ClF3N3O2/c1-15-11-16(2)23(17(3)12-15)33-22(34)14-31-24(18-7-5-4-6-8-18)25(35)32-21-10-9-19(27)13-20(21)26(28,29)30/h4-13,24,31H,14H2,1-3H3,(H,32,35)(H,33,34)/t24-/m1/s1. The van der Waals surface area contributed by atoms with Crippen molar-refractivity contribution in [2.45, 2.75) is 33.0 Å². The van der Waals surface area contributed by atoms with Crippen LogP contribution < -0.4 is 16.0 Å².